The van der Waals surface area contributed by atoms with Gasteiger partial charge in [-0.05, 0) is 0 Å². The number of hydrogen-bond donors (Lipinski definition) is 0. The Hall–Kier alpha value is 0.774. The first-order valence-corrected chi connectivity index (χ1v) is 5.59. The summed E-state index contributed by atoms with van der Waals surface area (Å²) in [5.41, 5.74) is 1.65. The van der Waals surface area contributed by atoms with E-state index < -0.39 is 0 Å². The largest absolute Gasteiger partial charge is 1.00 e. The first-order valence-electron chi connectivity index (χ1n) is 2.92. The minimum atomic E-state index is 0. The Morgan fingerprint density at radius 1 is 1.50 bits per heavy atom. The Labute approximate surface area is 83.9 Å². The quantitative estimate of drug-likeness (QED) is 0.416. The molecule has 56 valence electrons. The predicted octanol–water partition coefficient (Wildman–Crippen LogP) is -3.57. The fraction of sp³-hybridized carbons (Fsp3) is 0.429. The van der Waals surface area contributed by atoms with Crippen LogP contribution >= 0.6 is 0 Å². The summed E-state index contributed by atoms with van der Waals surface area (Å²) in [6.07, 6.45) is 7.89. The minimum absolute atomic E-state index is 0. The number of halogens is 2. The molecule has 0 aliphatic heterocycles. The summed E-state index contributed by atoms with van der Waals surface area (Å²) < 4.78 is 1.41. The van der Waals surface area contributed by atoms with Crippen LogP contribution in [0.1, 0.15) is 6.42 Å². The molecule has 0 saturated carbocycles. The Kier molecular flexibility index (Phi) is 10.5. The van der Waals surface area contributed by atoms with Crippen molar-refractivity contribution in [2.75, 3.05) is 0 Å². The molecular weight excluding hydrogens is 203 g/mol. The van der Waals surface area contributed by atoms with Gasteiger partial charge < -0.3 is 24.8 Å². The maximum absolute atomic E-state index is 2.35. The van der Waals surface area contributed by atoms with Crippen molar-refractivity contribution < 1.29 is 44.0 Å². The van der Waals surface area contributed by atoms with Crippen molar-refractivity contribution >= 4 is 0 Å². The van der Waals surface area contributed by atoms with Crippen molar-refractivity contribution in [2.24, 2.45) is 0 Å². The van der Waals surface area contributed by atoms with E-state index in [9.17, 15) is 0 Å². The minimum Gasteiger partial charge on any atom is -1.00 e. The number of hydrogen-bond acceptors (Lipinski definition) is 0. The zero-order valence-electron chi connectivity index (χ0n) is 5.90. The molecule has 0 aromatic carbocycles. The molecule has 0 fully saturated rings. The second-order valence-corrected chi connectivity index (χ2v) is 3.64. The topological polar surface area (TPSA) is 0 Å². The molecule has 1 rings (SSSR count). The van der Waals surface area contributed by atoms with Gasteiger partial charge in [0, 0.05) is 0 Å². The molecule has 0 radical (unpaired) electrons. The van der Waals surface area contributed by atoms with Crippen molar-refractivity contribution in [3.05, 3.63) is 23.8 Å². The van der Waals surface area contributed by atoms with E-state index in [-0.39, 0.29) is 24.8 Å². The summed E-state index contributed by atoms with van der Waals surface area (Å²) in [5.74, 6) is 0. The first-order chi connectivity index (χ1) is 3.93. The molecule has 1 aliphatic carbocycles. The van der Waals surface area contributed by atoms with E-state index in [2.05, 4.69) is 23.5 Å². The van der Waals surface area contributed by atoms with Gasteiger partial charge in [0.2, 0.25) is 0 Å². The molecule has 0 atom stereocenters. The van der Waals surface area contributed by atoms with Gasteiger partial charge in [-0.2, -0.15) is 0 Å². The average Bonchev–Trinajstić information content (AvgIpc) is 2.19. The van der Waals surface area contributed by atoms with Crippen molar-refractivity contribution in [1.29, 1.82) is 0 Å². The molecule has 0 aromatic rings. The van der Waals surface area contributed by atoms with Gasteiger partial charge in [0.25, 0.3) is 0 Å². The molecule has 0 bridgehead atoms. The van der Waals surface area contributed by atoms with E-state index in [0.717, 1.165) is 0 Å². The van der Waals surface area contributed by atoms with Crippen LogP contribution in [0.3, 0.4) is 0 Å². The van der Waals surface area contributed by atoms with E-state index in [1.165, 1.54) is 11.1 Å². The molecule has 3 heteroatoms. The molecule has 10 heavy (non-hydrogen) atoms. The normalized spacial score (nSPS) is 12.7. The van der Waals surface area contributed by atoms with Crippen molar-refractivity contribution in [2.45, 2.75) is 16.4 Å². The van der Waals surface area contributed by atoms with Crippen molar-refractivity contribution in [1.82, 2.24) is 0 Å². The Bertz CT molecular complexity index is 130. The van der Waals surface area contributed by atoms with E-state index in [1.807, 2.05) is 0 Å². The maximum atomic E-state index is 2.35. The summed E-state index contributed by atoms with van der Waals surface area (Å²) in [4.78, 5) is 0. The Morgan fingerprint density at radius 2 is 2.20 bits per heavy atom. The zero-order chi connectivity index (χ0) is 5.82. The summed E-state index contributed by atoms with van der Waals surface area (Å²) in [6.45, 7) is 0. The molecule has 0 aromatic heterocycles. The van der Waals surface area contributed by atoms with Crippen LogP contribution in [0.4, 0.5) is 0 Å². The van der Waals surface area contributed by atoms with Crippen molar-refractivity contribution in [3.8, 4) is 0 Å². The molecule has 0 amide bonds. The van der Waals surface area contributed by atoms with Crippen LogP contribution in [-0.4, -0.2) is 0 Å². The van der Waals surface area contributed by atoms with Gasteiger partial charge in [-0.25, -0.2) is 0 Å². The Morgan fingerprint density at radius 3 is 2.60 bits per heavy atom. The molecule has 0 saturated heterocycles. The fourth-order valence-electron chi connectivity index (χ4n) is 0.850. The predicted molar refractivity (Wildman–Crippen MR) is 32.5 cm³/mol. The van der Waals surface area contributed by atoms with Crippen LogP contribution in [0, 0.1) is 0 Å². The van der Waals surface area contributed by atoms with Gasteiger partial charge >= 0.3 is 59.3 Å². The van der Waals surface area contributed by atoms with Crippen LogP contribution in [0.15, 0.2) is 23.8 Å². The van der Waals surface area contributed by atoms with Gasteiger partial charge in [-0.3, -0.25) is 0 Å². The Balaban J connectivity index is 0. The van der Waals surface area contributed by atoms with Gasteiger partial charge in [0.1, 0.15) is 0 Å². The van der Waals surface area contributed by atoms with Gasteiger partial charge in [-0.15, -0.1) is 0 Å². The second-order valence-electron chi connectivity index (χ2n) is 1.99. The third kappa shape index (κ3) is 4.57. The van der Waals surface area contributed by atoms with Gasteiger partial charge in [-0.1, -0.05) is 0 Å². The summed E-state index contributed by atoms with van der Waals surface area (Å²) >= 11 is 0.377. The van der Waals surface area contributed by atoms with Gasteiger partial charge in [0.15, 0.2) is 0 Å². The monoisotopic (exact) mass is 212 g/mol. The van der Waals surface area contributed by atoms with Crippen LogP contribution in [-0.2, 0) is 19.2 Å². The molecule has 0 heterocycles. The zero-order valence-corrected chi connectivity index (χ0v) is 8.98. The molecule has 0 unspecified atom stereocenters. The first kappa shape index (κ1) is 13.4. The SMILES string of the molecule is [CH3][Ti+2][CH2]C1=CC=CC1.[Cl-].[Cl-]. The summed E-state index contributed by atoms with van der Waals surface area (Å²) in [6, 6.07) is 0. The van der Waals surface area contributed by atoms with E-state index in [4.69, 9.17) is 0 Å². The van der Waals surface area contributed by atoms with E-state index in [1.54, 1.807) is 5.57 Å². The average molecular weight is 213 g/mol. The standard InChI is InChI=1S/C6H7.CH3.2ClH.Ti/c1-6-4-2-3-5-6;;;;/h2-4H,1,5H2;1H3;2*1H;/q;;;;+2/p-2. The third-order valence-electron chi connectivity index (χ3n) is 1.25. The molecule has 0 nitrogen and oxygen atoms in total. The van der Waals surface area contributed by atoms with Crippen molar-refractivity contribution in [3.63, 3.8) is 0 Å². The molecule has 0 N–H and O–H groups in total. The van der Waals surface area contributed by atoms with Crippen LogP contribution in [0.2, 0.25) is 9.95 Å². The summed E-state index contributed by atoms with van der Waals surface area (Å²) in [7, 11) is 0. The van der Waals surface area contributed by atoms with Crippen LogP contribution in [0.5, 0.6) is 0 Å². The van der Waals surface area contributed by atoms with Crippen LogP contribution in [0.25, 0.3) is 0 Å². The van der Waals surface area contributed by atoms with E-state index in [0.29, 0.717) is 19.2 Å². The van der Waals surface area contributed by atoms with Gasteiger partial charge in [0.05, 0.1) is 0 Å². The molecule has 1 aliphatic rings. The fourth-order valence-corrected chi connectivity index (χ4v) is 1.97. The smallest absolute Gasteiger partial charge is 1.00 e. The molecular formula is C7H10Cl2Ti. The number of allylic oxidation sites excluding steroid dienone is 4. The summed E-state index contributed by atoms with van der Waals surface area (Å²) in [5, 5.41) is 2.35. The van der Waals surface area contributed by atoms with Crippen LogP contribution < -0.4 is 24.8 Å². The van der Waals surface area contributed by atoms with E-state index >= 15 is 0 Å². The number of rotatable bonds is 2. The molecule has 0 spiro atoms. The third-order valence-corrected chi connectivity index (χ3v) is 2.51. The second kappa shape index (κ2) is 7.88. The maximum Gasteiger partial charge on any atom is -1.00 e.